The summed E-state index contributed by atoms with van der Waals surface area (Å²) in [6, 6.07) is 14.7. The lowest BCUT2D eigenvalue weighted by molar-refractivity contribution is -0.123. The summed E-state index contributed by atoms with van der Waals surface area (Å²) in [5, 5.41) is 3.97. The Labute approximate surface area is 251 Å². The van der Waals surface area contributed by atoms with Gasteiger partial charge in [-0.3, -0.25) is 4.79 Å². The summed E-state index contributed by atoms with van der Waals surface area (Å²) in [5.41, 5.74) is 4.71. The van der Waals surface area contributed by atoms with Crippen LogP contribution >= 0.6 is 31.9 Å². The van der Waals surface area contributed by atoms with Gasteiger partial charge in [0.05, 0.1) is 20.1 Å². The van der Waals surface area contributed by atoms with Crippen molar-refractivity contribution >= 4 is 64.1 Å². The molecular formula is C27H29Br2N3O6S2. The molecule has 40 heavy (non-hydrogen) atoms. The summed E-state index contributed by atoms with van der Waals surface area (Å²) < 4.78 is 59.6. The third-order valence-electron chi connectivity index (χ3n) is 5.56. The van der Waals surface area contributed by atoms with E-state index in [9.17, 15) is 21.6 Å². The van der Waals surface area contributed by atoms with Crippen LogP contribution in [-0.4, -0.2) is 35.0 Å². The quantitative estimate of drug-likeness (QED) is 0.155. The number of nitrogens with zero attached hydrogens (tertiary/aromatic N) is 1. The molecule has 3 aromatic rings. The summed E-state index contributed by atoms with van der Waals surface area (Å²) >= 11 is 6.64. The number of carbonyl (C=O) groups is 1. The Bertz CT molecular complexity index is 1580. The maximum atomic E-state index is 12.9. The molecule has 0 spiro atoms. The van der Waals surface area contributed by atoms with Crippen LogP contribution in [-0.2, 0) is 24.9 Å². The first kappa shape index (κ1) is 31.9. The van der Waals surface area contributed by atoms with Crippen LogP contribution in [0.25, 0.3) is 0 Å². The van der Waals surface area contributed by atoms with Crippen LogP contribution in [0.1, 0.15) is 37.0 Å². The Kier molecular flexibility index (Phi) is 10.7. The van der Waals surface area contributed by atoms with Gasteiger partial charge in [0.1, 0.15) is 10.9 Å². The number of hydrogen-bond acceptors (Lipinski definition) is 7. The van der Waals surface area contributed by atoms with E-state index in [1.807, 2.05) is 27.7 Å². The van der Waals surface area contributed by atoms with E-state index >= 15 is 0 Å². The Morgan fingerprint density at radius 3 is 1.90 bits per heavy atom. The van der Waals surface area contributed by atoms with Crippen molar-refractivity contribution < 1.29 is 25.8 Å². The third kappa shape index (κ3) is 8.71. The van der Waals surface area contributed by atoms with E-state index in [-0.39, 0.29) is 27.9 Å². The van der Waals surface area contributed by atoms with E-state index in [0.29, 0.717) is 14.5 Å². The first-order valence-electron chi connectivity index (χ1n) is 12.1. The summed E-state index contributed by atoms with van der Waals surface area (Å²) in [6.07, 6.45) is 1.59. The Balaban J connectivity index is 1.73. The lowest BCUT2D eigenvalue weighted by Crippen LogP contribution is -2.46. The zero-order valence-corrected chi connectivity index (χ0v) is 27.0. The Morgan fingerprint density at radius 1 is 0.900 bits per heavy atom. The van der Waals surface area contributed by atoms with E-state index < -0.39 is 32.1 Å². The van der Waals surface area contributed by atoms with Crippen molar-refractivity contribution in [2.45, 2.75) is 49.9 Å². The predicted molar refractivity (Wildman–Crippen MR) is 161 cm³/mol. The minimum Gasteiger partial charge on any atom is -0.377 e. The molecule has 0 radical (unpaired) electrons. The highest BCUT2D eigenvalue weighted by molar-refractivity contribution is 9.11. The molecule has 9 nitrogen and oxygen atoms in total. The van der Waals surface area contributed by atoms with Gasteiger partial charge in [-0.2, -0.15) is 18.2 Å². The van der Waals surface area contributed by atoms with E-state index in [1.54, 1.807) is 36.4 Å². The second kappa shape index (κ2) is 13.4. The summed E-state index contributed by atoms with van der Waals surface area (Å²) in [4.78, 5) is 12.9. The predicted octanol–water partition coefficient (Wildman–Crippen LogP) is 5.44. The van der Waals surface area contributed by atoms with Crippen molar-refractivity contribution in [2.24, 2.45) is 11.0 Å². The van der Waals surface area contributed by atoms with Gasteiger partial charge >= 0.3 is 10.1 Å². The molecule has 3 aromatic carbocycles. The van der Waals surface area contributed by atoms with Crippen LogP contribution in [0.2, 0.25) is 0 Å². The first-order chi connectivity index (χ1) is 18.7. The van der Waals surface area contributed by atoms with Gasteiger partial charge in [-0.15, -0.1) is 0 Å². The molecule has 0 aliphatic heterocycles. The van der Waals surface area contributed by atoms with Crippen LogP contribution in [0.5, 0.6) is 5.75 Å². The van der Waals surface area contributed by atoms with Crippen molar-refractivity contribution in [3.63, 3.8) is 0 Å². The number of hydrazone groups is 1. The maximum Gasteiger partial charge on any atom is 0.339 e. The van der Waals surface area contributed by atoms with Crippen LogP contribution in [0, 0.1) is 19.8 Å². The molecule has 13 heteroatoms. The fraction of sp³-hybridized carbons (Fsp3) is 0.259. The lowest BCUT2D eigenvalue weighted by Gasteiger charge is -2.19. The number of carbonyl (C=O) groups excluding carboxylic acids is 1. The topological polar surface area (TPSA) is 131 Å². The van der Waals surface area contributed by atoms with Crippen molar-refractivity contribution in [3.05, 3.63) is 86.3 Å². The highest BCUT2D eigenvalue weighted by Crippen LogP contribution is 2.36. The summed E-state index contributed by atoms with van der Waals surface area (Å²) in [6.45, 7) is 7.45. The molecule has 3 rings (SSSR count). The fourth-order valence-electron chi connectivity index (χ4n) is 3.50. The van der Waals surface area contributed by atoms with Crippen molar-refractivity contribution in [2.75, 3.05) is 0 Å². The van der Waals surface area contributed by atoms with Gasteiger partial charge < -0.3 is 4.18 Å². The monoisotopic (exact) mass is 713 g/mol. The Hall–Kier alpha value is -2.58. The molecule has 0 saturated carbocycles. The van der Waals surface area contributed by atoms with E-state index in [1.165, 1.54) is 30.5 Å². The highest BCUT2D eigenvalue weighted by atomic mass is 79.9. The molecular weight excluding hydrogens is 686 g/mol. The molecule has 1 amide bonds. The minimum atomic E-state index is -4.08. The van der Waals surface area contributed by atoms with Crippen LogP contribution in [0.4, 0.5) is 0 Å². The van der Waals surface area contributed by atoms with Crippen LogP contribution in [0.15, 0.2) is 84.5 Å². The smallest absolute Gasteiger partial charge is 0.339 e. The van der Waals surface area contributed by atoms with Gasteiger partial charge in [0.25, 0.3) is 5.91 Å². The molecule has 0 saturated heterocycles. The average Bonchev–Trinajstić information content (AvgIpc) is 2.86. The van der Waals surface area contributed by atoms with Crippen LogP contribution < -0.4 is 14.3 Å². The molecule has 0 fully saturated rings. The number of hydrogen-bond donors (Lipinski definition) is 2. The number of amides is 1. The number of rotatable bonds is 11. The first-order valence-corrected chi connectivity index (χ1v) is 16.6. The van der Waals surface area contributed by atoms with Crippen molar-refractivity contribution in [1.82, 2.24) is 10.1 Å². The van der Waals surface area contributed by atoms with Gasteiger partial charge in [-0.1, -0.05) is 49.2 Å². The molecule has 1 atom stereocenters. The lowest BCUT2D eigenvalue weighted by atomic mass is 10.0. The summed E-state index contributed by atoms with van der Waals surface area (Å²) in [7, 11) is -8.02. The average molecular weight is 715 g/mol. The molecule has 0 aromatic heterocycles. The molecule has 0 aliphatic rings. The number of sulfonamides is 1. The van der Waals surface area contributed by atoms with Crippen LogP contribution in [0.3, 0.4) is 0 Å². The molecule has 0 aliphatic carbocycles. The van der Waals surface area contributed by atoms with Gasteiger partial charge in [-0.25, -0.2) is 13.8 Å². The van der Waals surface area contributed by atoms with E-state index in [4.69, 9.17) is 4.18 Å². The van der Waals surface area contributed by atoms with Gasteiger partial charge in [0.2, 0.25) is 10.0 Å². The van der Waals surface area contributed by atoms with Crippen molar-refractivity contribution in [3.8, 4) is 5.75 Å². The number of halogens is 2. The zero-order valence-electron chi connectivity index (χ0n) is 22.2. The van der Waals surface area contributed by atoms with Gasteiger partial charge in [0.15, 0.2) is 5.75 Å². The van der Waals surface area contributed by atoms with E-state index in [2.05, 4.69) is 47.1 Å². The molecule has 0 bridgehead atoms. The van der Waals surface area contributed by atoms with E-state index in [0.717, 1.165) is 11.1 Å². The largest absolute Gasteiger partial charge is 0.377 e. The minimum absolute atomic E-state index is 0.0132. The fourth-order valence-corrected chi connectivity index (χ4v) is 7.27. The molecule has 2 N–H and O–H groups in total. The maximum absolute atomic E-state index is 12.9. The van der Waals surface area contributed by atoms with Gasteiger partial charge in [-0.05, 0) is 100 Å². The van der Waals surface area contributed by atoms with Gasteiger partial charge in [0, 0.05) is 0 Å². The second-order valence-electron chi connectivity index (χ2n) is 9.51. The second-order valence-corrected chi connectivity index (χ2v) is 14.5. The molecule has 0 heterocycles. The standard InChI is InChI=1S/C27H29Br2N3O6S2/c1-17(2)13-25(32-39(34,35)21-9-5-18(3)6-10-21)27(33)31-30-16-20-14-23(28)26(24(29)15-20)38-40(36,37)22-11-7-19(4)8-12-22/h5-12,14-17,25,32H,13H2,1-4H3,(H,31,33)/b30-16-/t25-/m1/s1. The normalized spacial score (nSPS) is 13.0. The number of aryl methyl sites for hydroxylation is 2. The SMILES string of the molecule is Cc1ccc(S(=O)(=O)N[C@H](CC(C)C)C(=O)N/N=C\c2cc(Br)c(OS(=O)(=O)c3ccc(C)cc3)c(Br)c2)cc1. The Morgan fingerprint density at radius 2 is 1.40 bits per heavy atom. The van der Waals surface area contributed by atoms with Crippen molar-refractivity contribution in [1.29, 1.82) is 0 Å². The number of benzene rings is 3. The highest BCUT2D eigenvalue weighted by Gasteiger charge is 2.26. The molecule has 0 unspecified atom stereocenters. The summed E-state index contributed by atoms with van der Waals surface area (Å²) in [5.74, 6) is -0.553. The molecule has 214 valence electrons. The number of nitrogens with one attached hydrogen (secondary N) is 2. The zero-order chi connectivity index (χ0) is 29.7. The third-order valence-corrected chi connectivity index (χ3v) is 9.47.